The van der Waals surface area contributed by atoms with Crippen molar-refractivity contribution in [1.82, 2.24) is 4.98 Å². The molecule has 1 heterocycles. The van der Waals surface area contributed by atoms with Gasteiger partial charge in [-0.05, 0) is 23.8 Å². The molecule has 2 rings (SSSR count). The zero-order valence-corrected chi connectivity index (χ0v) is 10.6. The largest absolute Gasteiger partial charge is 0.308 e. The SMILES string of the molecule is NNc1ccc(CSc2ccccc2Cl)cn1. The van der Waals surface area contributed by atoms with Crippen LogP contribution in [0.1, 0.15) is 5.56 Å². The lowest BCUT2D eigenvalue weighted by atomic mass is 10.3. The minimum absolute atomic E-state index is 0.663. The van der Waals surface area contributed by atoms with E-state index in [-0.39, 0.29) is 0 Å². The molecule has 0 amide bonds. The van der Waals surface area contributed by atoms with Crippen LogP contribution in [0.3, 0.4) is 0 Å². The van der Waals surface area contributed by atoms with Gasteiger partial charge in [-0.2, -0.15) is 0 Å². The Labute approximate surface area is 109 Å². The quantitative estimate of drug-likeness (QED) is 0.506. The second-order valence-electron chi connectivity index (χ2n) is 3.42. The number of halogens is 1. The number of hydrogen-bond donors (Lipinski definition) is 2. The summed E-state index contributed by atoms with van der Waals surface area (Å²) in [5.41, 5.74) is 3.63. The Kier molecular flexibility index (Phi) is 4.25. The van der Waals surface area contributed by atoms with Gasteiger partial charge < -0.3 is 5.43 Å². The summed E-state index contributed by atoms with van der Waals surface area (Å²) in [6, 6.07) is 11.7. The summed E-state index contributed by atoms with van der Waals surface area (Å²) < 4.78 is 0. The topological polar surface area (TPSA) is 50.9 Å². The standard InChI is InChI=1S/C12H12ClN3S/c13-10-3-1-2-4-11(10)17-8-9-5-6-12(16-14)15-7-9/h1-7H,8,14H2,(H,15,16). The van der Waals surface area contributed by atoms with Crippen LogP contribution in [0.5, 0.6) is 0 Å². The van der Waals surface area contributed by atoms with Crippen LogP contribution in [0.4, 0.5) is 5.82 Å². The fourth-order valence-corrected chi connectivity index (χ4v) is 2.49. The molecule has 0 atom stereocenters. The van der Waals surface area contributed by atoms with Gasteiger partial charge in [0.2, 0.25) is 0 Å². The summed E-state index contributed by atoms with van der Waals surface area (Å²) in [4.78, 5) is 5.23. The molecule has 0 unspecified atom stereocenters. The molecule has 5 heteroatoms. The molecule has 0 saturated heterocycles. The number of pyridine rings is 1. The number of thioether (sulfide) groups is 1. The molecule has 0 aliphatic carbocycles. The molecule has 17 heavy (non-hydrogen) atoms. The summed E-state index contributed by atoms with van der Waals surface area (Å²) in [6.07, 6.45) is 1.80. The van der Waals surface area contributed by atoms with Crippen molar-refractivity contribution < 1.29 is 0 Å². The van der Waals surface area contributed by atoms with Crippen molar-refractivity contribution in [1.29, 1.82) is 0 Å². The molecule has 3 N–H and O–H groups in total. The third kappa shape index (κ3) is 3.36. The van der Waals surface area contributed by atoms with Gasteiger partial charge in [-0.25, -0.2) is 10.8 Å². The first-order valence-corrected chi connectivity index (χ1v) is 6.45. The van der Waals surface area contributed by atoms with Crippen LogP contribution >= 0.6 is 23.4 Å². The highest BCUT2D eigenvalue weighted by Gasteiger charge is 2.01. The fraction of sp³-hybridized carbons (Fsp3) is 0.0833. The van der Waals surface area contributed by atoms with Crippen LogP contribution in [0.2, 0.25) is 5.02 Å². The summed E-state index contributed by atoms with van der Waals surface area (Å²) in [5, 5.41) is 0.783. The average Bonchev–Trinajstić information content (AvgIpc) is 2.38. The van der Waals surface area contributed by atoms with Gasteiger partial charge in [-0.15, -0.1) is 11.8 Å². The number of nitrogens with two attached hydrogens (primary N) is 1. The first-order chi connectivity index (χ1) is 8.29. The van der Waals surface area contributed by atoms with E-state index < -0.39 is 0 Å². The smallest absolute Gasteiger partial charge is 0.139 e. The predicted octanol–water partition coefficient (Wildman–Crippen LogP) is 3.31. The van der Waals surface area contributed by atoms with Gasteiger partial charge >= 0.3 is 0 Å². The number of rotatable bonds is 4. The number of aromatic nitrogens is 1. The second-order valence-corrected chi connectivity index (χ2v) is 4.84. The second kappa shape index (κ2) is 5.91. The molecule has 1 aromatic carbocycles. The highest BCUT2D eigenvalue weighted by molar-refractivity contribution is 7.98. The maximum absolute atomic E-state index is 6.08. The van der Waals surface area contributed by atoms with Crippen molar-refractivity contribution in [2.75, 3.05) is 5.43 Å². The molecule has 0 saturated carbocycles. The van der Waals surface area contributed by atoms with Crippen molar-refractivity contribution >= 4 is 29.2 Å². The third-order valence-corrected chi connectivity index (χ3v) is 3.79. The predicted molar refractivity (Wildman–Crippen MR) is 73.1 cm³/mol. The molecule has 0 bridgehead atoms. The van der Waals surface area contributed by atoms with Gasteiger partial charge in [-0.1, -0.05) is 29.8 Å². The molecule has 0 aliphatic rings. The first-order valence-electron chi connectivity index (χ1n) is 5.08. The summed E-state index contributed by atoms with van der Waals surface area (Å²) >= 11 is 7.77. The minimum atomic E-state index is 0.663. The molecule has 0 radical (unpaired) electrons. The van der Waals surface area contributed by atoms with Gasteiger partial charge in [0, 0.05) is 16.8 Å². The zero-order chi connectivity index (χ0) is 12.1. The molecule has 0 aliphatic heterocycles. The first kappa shape index (κ1) is 12.2. The van der Waals surface area contributed by atoms with Gasteiger partial charge in [0.15, 0.2) is 0 Å². The number of hydrogen-bond acceptors (Lipinski definition) is 4. The van der Waals surface area contributed by atoms with Crippen LogP contribution in [-0.4, -0.2) is 4.98 Å². The number of nitrogens with one attached hydrogen (secondary N) is 1. The molecule has 2 aromatic rings. The number of hydrazine groups is 1. The van der Waals surface area contributed by atoms with Crippen LogP contribution in [0.15, 0.2) is 47.5 Å². The number of anilines is 1. The lowest BCUT2D eigenvalue weighted by Crippen LogP contribution is -2.08. The minimum Gasteiger partial charge on any atom is -0.308 e. The van der Waals surface area contributed by atoms with Crippen LogP contribution < -0.4 is 11.3 Å². The van der Waals surface area contributed by atoms with Crippen molar-refractivity contribution in [2.45, 2.75) is 10.6 Å². The van der Waals surface area contributed by atoms with Crippen LogP contribution in [0.25, 0.3) is 0 Å². The van der Waals surface area contributed by atoms with E-state index in [1.54, 1.807) is 18.0 Å². The van der Waals surface area contributed by atoms with Crippen molar-refractivity contribution in [3.63, 3.8) is 0 Å². The summed E-state index contributed by atoms with van der Waals surface area (Å²) in [7, 11) is 0. The fourth-order valence-electron chi connectivity index (χ4n) is 1.32. The van der Waals surface area contributed by atoms with Crippen LogP contribution in [-0.2, 0) is 5.75 Å². The maximum Gasteiger partial charge on any atom is 0.139 e. The Bertz CT molecular complexity index is 487. The van der Waals surface area contributed by atoms with E-state index in [9.17, 15) is 0 Å². The Morgan fingerprint density at radius 3 is 2.71 bits per heavy atom. The highest BCUT2D eigenvalue weighted by Crippen LogP contribution is 2.29. The Morgan fingerprint density at radius 1 is 1.24 bits per heavy atom. The van der Waals surface area contributed by atoms with Gasteiger partial charge in [0.1, 0.15) is 5.82 Å². The molecule has 0 spiro atoms. The third-order valence-electron chi connectivity index (χ3n) is 2.20. The summed E-state index contributed by atoms with van der Waals surface area (Å²) in [6.45, 7) is 0. The van der Waals surface area contributed by atoms with Gasteiger partial charge in [0.25, 0.3) is 0 Å². The lowest BCUT2D eigenvalue weighted by Gasteiger charge is -2.04. The van der Waals surface area contributed by atoms with E-state index in [4.69, 9.17) is 17.4 Å². The Balaban J connectivity index is 2.00. The van der Waals surface area contributed by atoms with Gasteiger partial charge in [0.05, 0.1) is 5.02 Å². The molecular formula is C12H12ClN3S. The highest BCUT2D eigenvalue weighted by atomic mass is 35.5. The van der Waals surface area contributed by atoms with E-state index in [0.717, 1.165) is 21.2 Å². The average molecular weight is 266 g/mol. The van der Waals surface area contributed by atoms with Gasteiger partial charge in [-0.3, -0.25) is 0 Å². The lowest BCUT2D eigenvalue weighted by molar-refractivity contribution is 1.19. The van der Waals surface area contributed by atoms with Crippen molar-refractivity contribution in [3.05, 3.63) is 53.2 Å². The molecular weight excluding hydrogens is 254 g/mol. The normalized spacial score (nSPS) is 10.2. The number of benzene rings is 1. The van der Waals surface area contributed by atoms with E-state index >= 15 is 0 Å². The number of nitrogens with zero attached hydrogens (tertiary/aromatic N) is 1. The molecule has 0 fully saturated rings. The Hall–Kier alpha value is -1.23. The zero-order valence-electron chi connectivity index (χ0n) is 9.06. The van der Waals surface area contributed by atoms with E-state index in [2.05, 4.69) is 10.4 Å². The van der Waals surface area contributed by atoms with Crippen molar-refractivity contribution in [3.8, 4) is 0 Å². The molecule has 1 aromatic heterocycles. The molecule has 88 valence electrons. The monoisotopic (exact) mass is 265 g/mol. The summed E-state index contributed by atoms with van der Waals surface area (Å²) in [5.74, 6) is 6.75. The van der Waals surface area contributed by atoms with E-state index in [1.165, 1.54) is 0 Å². The maximum atomic E-state index is 6.08. The number of nitrogen functional groups attached to an aromatic ring is 1. The molecule has 3 nitrogen and oxygen atoms in total. The van der Waals surface area contributed by atoms with E-state index in [1.807, 2.05) is 36.4 Å². The van der Waals surface area contributed by atoms with Crippen molar-refractivity contribution in [2.24, 2.45) is 5.84 Å². The Morgan fingerprint density at radius 2 is 2.06 bits per heavy atom. The van der Waals surface area contributed by atoms with E-state index in [0.29, 0.717) is 5.82 Å². The van der Waals surface area contributed by atoms with Crippen LogP contribution in [0, 0.1) is 0 Å².